The van der Waals surface area contributed by atoms with Crippen molar-refractivity contribution in [2.24, 2.45) is 5.92 Å². The van der Waals surface area contributed by atoms with Crippen molar-refractivity contribution in [2.75, 3.05) is 34.4 Å². The molecule has 8 nitrogen and oxygen atoms in total. The van der Waals surface area contributed by atoms with Gasteiger partial charge in [0, 0.05) is 38.6 Å². The first-order valence-electron chi connectivity index (χ1n) is 10.0. The van der Waals surface area contributed by atoms with Crippen molar-refractivity contribution in [3.05, 3.63) is 29.8 Å². The van der Waals surface area contributed by atoms with Crippen LogP contribution in [0.4, 0.5) is 0 Å². The summed E-state index contributed by atoms with van der Waals surface area (Å²) in [6.07, 6.45) is 6.58. The van der Waals surface area contributed by atoms with Gasteiger partial charge in [-0.05, 0) is 24.5 Å². The Morgan fingerprint density at radius 2 is 2.17 bits per heavy atom. The van der Waals surface area contributed by atoms with Crippen molar-refractivity contribution in [1.29, 1.82) is 0 Å². The van der Waals surface area contributed by atoms with Crippen LogP contribution >= 0.6 is 0 Å². The summed E-state index contributed by atoms with van der Waals surface area (Å²) >= 11 is 0. The van der Waals surface area contributed by atoms with Gasteiger partial charge in [0.05, 0.1) is 18.3 Å². The Balaban J connectivity index is 1.61. The number of carbonyl (C=O) groups is 1. The predicted molar refractivity (Wildman–Crippen MR) is 104 cm³/mol. The molecule has 29 heavy (non-hydrogen) atoms. The third-order valence-electron chi connectivity index (χ3n) is 5.92. The molecule has 2 atom stereocenters. The van der Waals surface area contributed by atoms with Crippen LogP contribution in [0.5, 0.6) is 0 Å². The molecule has 0 spiro atoms. The molecule has 2 aliphatic rings. The number of aromatic nitrogens is 1. The monoisotopic (exact) mass is 404 g/mol. The van der Waals surface area contributed by atoms with Gasteiger partial charge in [0.15, 0.2) is 5.60 Å². The quantitative estimate of drug-likeness (QED) is 0.451. The summed E-state index contributed by atoms with van der Waals surface area (Å²) in [4.78, 5) is 19.0. The van der Waals surface area contributed by atoms with Gasteiger partial charge in [-0.2, -0.15) is 0 Å². The molecule has 1 aliphatic heterocycles. The maximum absolute atomic E-state index is 13.0. The first-order chi connectivity index (χ1) is 14.1. The fourth-order valence-electron chi connectivity index (χ4n) is 4.15. The molecule has 4 rings (SSSR count). The summed E-state index contributed by atoms with van der Waals surface area (Å²) < 4.78 is 22.0. The van der Waals surface area contributed by atoms with E-state index in [9.17, 15) is 9.90 Å². The van der Waals surface area contributed by atoms with E-state index in [1.807, 2.05) is 12.1 Å². The van der Waals surface area contributed by atoms with E-state index in [0.29, 0.717) is 5.69 Å². The Morgan fingerprint density at radius 1 is 1.34 bits per heavy atom. The maximum atomic E-state index is 13.0. The summed E-state index contributed by atoms with van der Waals surface area (Å²) in [6, 6.07) is 3.32. The lowest BCUT2D eigenvalue weighted by Gasteiger charge is -2.54. The number of aryl methyl sites for hydroxylation is 1. The van der Waals surface area contributed by atoms with Crippen LogP contribution < -0.4 is 0 Å². The molecule has 1 saturated heterocycles. The molecule has 1 N–H and O–H groups in total. The number of rotatable bonds is 11. The van der Waals surface area contributed by atoms with Gasteiger partial charge in [-0.3, -0.25) is 9.78 Å². The zero-order valence-electron chi connectivity index (χ0n) is 16.9. The van der Waals surface area contributed by atoms with E-state index in [-0.39, 0.29) is 32.5 Å². The van der Waals surface area contributed by atoms with Gasteiger partial charge in [0.1, 0.15) is 24.9 Å². The SMILES string of the molecule is COCO[C@@]1(Cc2nccc3oc(CCC4CC4)cc23)C(=O)N(COC)[C@H]1CO. The van der Waals surface area contributed by atoms with Crippen molar-refractivity contribution < 1.29 is 28.5 Å². The number of hydrogen-bond donors (Lipinski definition) is 1. The molecule has 158 valence electrons. The van der Waals surface area contributed by atoms with Crippen LogP contribution in [0, 0.1) is 5.92 Å². The zero-order valence-corrected chi connectivity index (χ0v) is 16.9. The number of amides is 1. The average molecular weight is 404 g/mol. The Bertz CT molecular complexity index is 864. The molecule has 3 heterocycles. The normalized spacial score (nSPS) is 24.3. The van der Waals surface area contributed by atoms with Crippen molar-refractivity contribution in [3.63, 3.8) is 0 Å². The van der Waals surface area contributed by atoms with Crippen LogP contribution in [0.3, 0.4) is 0 Å². The first-order valence-corrected chi connectivity index (χ1v) is 10.0. The van der Waals surface area contributed by atoms with Crippen LogP contribution in [0.25, 0.3) is 11.0 Å². The molecule has 0 unspecified atom stereocenters. The maximum Gasteiger partial charge on any atom is 0.259 e. The Hall–Kier alpha value is -2.00. The summed E-state index contributed by atoms with van der Waals surface area (Å²) in [5.74, 6) is 1.52. The van der Waals surface area contributed by atoms with Gasteiger partial charge in [0.25, 0.3) is 5.91 Å². The third kappa shape index (κ3) is 3.77. The second-order valence-corrected chi connectivity index (χ2v) is 7.87. The predicted octanol–water partition coefficient (Wildman–Crippen LogP) is 1.88. The van der Waals surface area contributed by atoms with Gasteiger partial charge in [-0.1, -0.05) is 12.8 Å². The molecule has 0 bridgehead atoms. The highest BCUT2D eigenvalue weighted by molar-refractivity contribution is 5.94. The molecule has 8 heteroatoms. The number of likely N-dealkylation sites (tertiary alicyclic amines) is 1. The fraction of sp³-hybridized carbons (Fsp3) is 0.619. The highest BCUT2D eigenvalue weighted by Gasteiger charge is 2.62. The number of nitrogens with zero attached hydrogens (tertiary/aromatic N) is 2. The largest absolute Gasteiger partial charge is 0.461 e. The van der Waals surface area contributed by atoms with Gasteiger partial charge in [-0.15, -0.1) is 0 Å². The van der Waals surface area contributed by atoms with Crippen LogP contribution in [0.2, 0.25) is 0 Å². The molecular weight excluding hydrogens is 376 g/mol. The van der Waals surface area contributed by atoms with Crippen molar-refractivity contribution >= 4 is 16.9 Å². The van der Waals surface area contributed by atoms with E-state index in [4.69, 9.17) is 18.6 Å². The molecule has 1 amide bonds. The number of fused-ring (bicyclic) bond motifs is 1. The topological polar surface area (TPSA) is 94.3 Å². The lowest BCUT2D eigenvalue weighted by atomic mass is 9.78. The molecule has 2 aromatic heterocycles. The van der Waals surface area contributed by atoms with Gasteiger partial charge >= 0.3 is 0 Å². The molecule has 2 aromatic rings. The number of hydrogen-bond acceptors (Lipinski definition) is 7. The highest BCUT2D eigenvalue weighted by Crippen LogP contribution is 2.39. The Kier molecular flexibility index (Phi) is 5.87. The minimum atomic E-state index is -1.24. The molecule has 1 aliphatic carbocycles. The van der Waals surface area contributed by atoms with Crippen LogP contribution in [-0.4, -0.2) is 66.9 Å². The molecule has 0 radical (unpaired) electrons. The van der Waals surface area contributed by atoms with Crippen molar-refractivity contribution in [1.82, 2.24) is 9.88 Å². The molecule has 1 saturated carbocycles. The molecular formula is C21H28N2O6. The number of methoxy groups -OCH3 is 2. The highest BCUT2D eigenvalue weighted by atomic mass is 16.7. The Morgan fingerprint density at radius 3 is 2.86 bits per heavy atom. The molecule has 2 fully saturated rings. The summed E-state index contributed by atoms with van der Waals surface area (Å²) in [5.41, 5.74) is 0.225. The minimum Gasteiger partial charge on any atom is -0.461 e. The lowest BCUT2D eigenvalue weighted by Crippen LogP contribution is -2.77. The number of carbonyl (C=O) groups excluding carboxylic acids is 1. The van der Waals surface area contributed by atoms with E-state index in [2.05, 4.69) is 4.98 Å². The minimum absolute atomic E-state index is 0.0585. The van der Waals surface area contributed by atoms with Crippen LogP contribution in [0.15, 0.2) is 22.7 Å². The fourth-order valence-corrected chi connectivity index (χ4v) is 4.15. The zero-order chi connectivity index (χ0) is 20.4. The third-order valence-corrected chi connectivity index (χ3v) is 5.92. The van der Waals surface area contributed by atoms with E-state index < -0.39 is 11.6 Å². The summed E-state index contributed by atoms with van der Waals surface area (Å²) in [5, 5.41) is 10.8. The number of aliphatic hydroxyl groups excluding tert-OH is 1. The van der Waals surface area contributed by atoms with Crippen molar-refractivity contribution in [2.45, 2.75) is 43.7 Å². The number of aliphatic hydroxyl groups is 1. The van der Waals surface area contributed by atoms with E-state index in [0.717, 1.165) is 35.5 Å². The van der Waals surface area contributed by atoms with E-state index in [1.54, 1.807) is 6.20 Å². The van der Waals surface area contributed by atoms with Gasteiger partial charge < -0.3 is 28.6 Å². The summed E-state index contributed by atoms with van der Waals surface area (Å²) in [6.45, 7) is -0.208. The first kappa shape index (κ1) is 20.3. The van der Waals surface area contributed by atoms with E-state index >= 15 is 0 Å². The number of β-lactam (4-membered cyclic amide) rings is 1. The second-order valence-electron chi connectivity index (χ2n) is 7.87. The second kappa shape index (κ2) is 8.39. The van der Waals surface area contributed by atoms with Gasteiger partial charge in [-0.25, -0.2) is 0 Å². The number of furan rings is 1. The molecule has 0 aromatic carbocycles. The van der Waals surface area contributed by atoms with Crippen LogP contribution in [0.1, 0.15) is 30.7 Å². The van der Waals surface area contributed by atoms with Crippen molar-refractivity contribution in [3.8, 4) is 0 Å². The Labute approximate surface area is 169 Å². The number of pyridine rings is 1. The average Bonchev–Trinajstić information content (AvgIpc) is 3.47. The van der Waals surface area contributed by atoms with Crippen LogP contribution in [-0.2, 0) is 31.8 Å². The van der Waals surface area contributed by atoms with E-state index in [1.165, 1.54) is 32.0 Å². The summed E-state index contributed by atoms with van der Waals surface area (Å²) in [7, 11) is 3.01. The van der Waals surface area contributed by atoms with Gasteiger partial charge in [0.2, 0.25) is 0 Å². The smallest absolute Gasteiger partial charge is 0.259 e. The number of ether oxygens (including phenoxy) is 3. The lowest BCUT2D eigenvalue weighted by molar-refractivity contribution is -0.237. The standard InChI is InChI=1S/C21H28N2O6/c1-26-12-23-19(11-24)21(20(23)25,28-13-27-2)10-17-16-9-15(6-5-14-3-4-14)29-18(16)7-8-22-17/h7-9,14,19,24H,3-6,10-13H2,1-2H3/t19-,21+/m0/s1.